The molecule has 1 heterocycles. The molecule has 4 heteroatoms. The molecule has 0 aliphatic carbocycles. The van der Waals surface area contributed by atoms with Crippen LogP contribution in [0.25, 0.3) is 11.1 Å². The van der Waals surface area contributed by atoms with Gasteiger partial charge in [0.15, 0.2) is 0 Å². The van der Waals surface area contributed by atoms with Gasteiger partial charge in [-0.1, -0.05) is 24.3 Å². The van der Waals surface area contributed by atoms with Crippen molar-refractivity contribution in [3.63, 3.8) is 0 Å². The van der Waals surface area contributed by atoms with Gasteiger partial charge in [-0.2, -0.15) is 0 Å². The van der Waals surface area contributed by atoms with Crippen molar-refractivity contribution in [3.8, 4) is 11.1 Å². The Balaban J connectivity index is 2.31. The molecule has 1 aromatic carbocycles. The first-order valence-electron chi connectivity index (χ1n) is 5.48. The Morgan fingerprint density at radius 1 is 1.17 bits per heavy atom. The van der Waals surface area contributed by atoms with Gasteiger partial charge >= 0.3 is 0 Å². The minimum absolute atomic E-state index is 0.125. The third-order valence-corrected chi connectivity index (χ3v) is 2.55. The van der Waals surface area contributed by atoms with E-state index < -0.39 is 5.91 Å². The van der Waals surface area contributed by atoms with Crippen LogP contribution in [0.1, 0.15) is 16.1 Å². The molecule has 1 amide bonds. The predicted molar refractivity (Wildman–Crippen MR) is 68.0 cm³/mol. The van der Waals surface area contributed by atoms with Gasteiger partial charge in [-0.25, -0.2) is 0 Å². The molecule has 1 aromatic heterocycles. The summed E-state index contributed by atoms with van der Waals surface area (Å²) < 4.78 is 0. The van der Waals surface area contributed by atoms with Gasteiger partial charge in [0.25, 0.3) is 0 Å². The summed E-state index contributed by atoms with van der Waals surface area (Å²) in [7, 11) is 0. The fraction of sp³-hybridized carbons (Fsp3) is 0.0714. The molecule has 4 nitrogen and oxygen atoms in total. The Kier molecular flexibility index (Phi) is 3.48. The standard InChI is InChI=1S/C14H12N2O2/c15-14(18)8-13-7-12(5-6-16-13)11-3-1-10(9-17)2-4-11/h1-7,9H,8H2,(H2,15,18). The number of aldehydes is 1. The van der Waals surface area contributed by atoms with E-state index in [-0.39, 0.29) is 6.42 Å². The summed E-state index contributed by atoms with van der Waals surface area (Å²) in [6.07, 6.45) is 2.57. The number of carbonyl (C=O) groups excluding carboxylic acids is 2. The largest absolute Gasteiger partial charge is 0.369 e. The number of nitrogens with zero attached hydrogens (tertiary/aromatic N) is 1. The Bertz CT molecular complexity index is 577. The highest BCUT2D eigenvalue weighted by Gasteiger charge is 2.03. The first-order chi connectivity index (χ1) is 8.69. The van der Waals surface area contributed by atoms with E-state index in [1.165, 1.54) is 0 Å². The molecule has 0 radical (unpaired) electrons. The summed E-state index contributed by atoms with van der Waals surface area (Å²) in [5.41, 5.74) is 8.31. The molecular formula is C14H12N2O2. The van der Waals surface area contributed by atoms with E-state index in [9.17, 15) is 9.59 Å². The fourth-order valence-corrected chi connectivity index (χ4v) is 1.69. The van der Waals surface area contributed by atoms with Crippen molar-refractivity contribution in [2.45, 2.75) is 6.42 Å². The van der Waals surface area contributed by atoms with Crippen molar-refractivity contribution in [2.75, 3.05) is 0 Å². The lowest BCUT2D eigenvalue weighted by Gasteiger charge is -2.04. The second-order valence-corrected chi connectivity index (χ2v) is 3.92. The third-order valence-electron chi connectivity index (χ3n) is 2.55. The van der Waals surface area contributed by atoms with Crippen molar-refractivity contribution in [1.29, 1.82) is 0 Å². The van der Waals surface area contributed by atoms with E-state index in [1.807, 2.05) is 24.3 Å². The van der Waals surface area contributed by atoms with Crippen LogP contribution in [0.15, 0.2) is 42.6 Å². The average molecular weight is 240 g/mol. The molecule has 0 saturated carbocycles. The highest BCUT2D eigenvalue weighted by atomic mass is 16.1. The van der Waals surface area contributed by atoms with Crippen LogP contribution in [0, 0.1) is 0 Å². The molecule has 0 spiro atoms. The third kappa shape index (κ3) is 2.79. The van der Waals surface area contributed by atoms with Crippen LogP contribution in [-0.2, 0) is 11.2 Å². The summed E-state index contributed by atoms with van der Waals surface area (Å²) in [5, 5.41) is 0. The van der Waals surface area contributed by atoms with Gasteiger partial charge in [0, 0.05) is 11.8 Å². The molecule has 18 heavy (non-hydrogen) atoms. The van der Waals surface area contributed by atoms with Crippen molar-refractivity contribution in [3.05, 3.63) is 53.9 Å². The van der Waals surface area contributed by atoms with E-state index in [2.05, 4.69) is 4.98 Å². The van der Waals surface area contributed by atoms with Gasteiger partial charge in [-0.3, -0.25) is 14.6 Å². The Labute approximate surface area is 104 Å². The van der Waals surface area contributed by atoms with Crippen LogP contribution >= 0.6 is 0 Å². The molecule has 0 aliphatic heterocycles. The molecule has 0 bridgehead atoms. The maximum absolute atomic E-state index is 10.8. The number of nitrogens with two attached hydrogens (primary N) is 1. The van der Waals surface area contributed by atoms with Crippen LogP contribution in [0.5, 0.6) is 0 Å². The Hall–Kier alpha value is -2.49. The molecule has 0 saturated heterocycles. The molecule has 0 atom stereocenters. The maximum atomic E-state index is 10.8. The minimum atomic E-state index is -0.407. The van der Waals surface area contributed by atoms with Gasteiger partial charge < -0.3 is 5.73 Å². The van der Waals surface area contributed by atoms with Crippen LogP contribution in [-0.4, -0.2) is 17.2 Å². The number of hydrogen-bond donors (Lipinski definition) is 1. The van der Waals surface area contributed by atoms with Crippen LogP contribution < -0.4 is 5.73 Å². The van der Waals surface area contributed by atoms with Crippen molar-refractivity contribution < 1.29 is 9.59 Å². The monoisotopic (exact) mass is 240 g/mol. The Morgan fingerprint density at radius 2 is 1.89 bits per heavy atom. The number of carbonyl (C=O) groups is 2. The number of benzene rings is 1. The maximum Gasteiger partial charge on any atom is 0.223 e. The second kappa shape index (κ2) is 5.23. The van der Waals surface area contributed by atoms with E-state index in [4.69, 9.17) is 5.73 Å². The van der Waals surface area contributed by atoms with Crippen molar-refractivity contribution in [1.82, 2.24) is 4.98 Å². The zero-order valence-corrected chi connectivity index (χ0v) is 9.67. The van der Waals surface area contributed by atoms with Crippen molar-refractivity contribution in [2.24, 2.45) is 5.73 Å². The van der Waals surface area contributed by atoms with E-state index in [0.29, 0.717) is 11.3 Å². The van der Waals surface area contributed by atoms with Crippen LogP contribution in [0.2, 0.25) is 0 Å². The van der Waals surface area contributed by atoms with Crippen LogP contribution in [0.3, 0.4) is 0 Å². The number of amides is 1. The summed E-state index contributed by atoms with van der Waals surface area (Å²) in [4.78, 5) is 25.5. The number of aromatic nitrogens is 1. The summed E-state index contributed by atoms with van der Waals surface area (Å²) in [5.74, 6) is -0.407. The highest BCUT2D eigenvalue weighted by Crippen LogP contribution is 2.19. The lowest BCUT2D eigenvalue weighted by atomic mass is 10.0. The molecule has 2 N–H and O–H groups in total. The number of rotatable bonds is 4. The zero-order valence-electron chi connectivity index (χ0n) is 9.67. The predicted octanol–water partition coefficient (Wildman–Crippen LogP) is 1.59. The lowest BCUT2D eigenvalue weighted by molar-refractivity contribution is -0.117. The first kappa shape index (κ1) is 12.0. The molecule has 0 unspecified atom stereocenters. The normalized spacial score (nSPS) is 10.0. The summed E-state index contributed by atoms with van der Waals surface area (Å²) in [6.45, 7) is 0. The van der Waals surface area contributed by atoms with Gasteiger partial charge in [0.05, 0.1) is 12.1 Å². The summed E-state index contributed by atoms with van der Waals surface area (Å²) >= 11 is 0. The number of hydrogen-bond acceptors (Lipinski definition) is 3. The SMILES string of the molecule is NC(=O)Cc1cc(-c2ccc(C=O)cc2)ccn1. The fourth-order valence-electron chi connectivity index (χ4n) is 1.69. The topological polar surface area (TPSA) is 73.1 Å². The molecule has 0 aliphatic rings. The molecule has 90 valence electrons. The Morgan fingerprint density at radius 3 is 2.50 bits per heavy atom. The lowest BCUT2D eigenvalue weighted by Crippen LogP contribution is -2.14. The first-order valence-corrected chi connectivity index (χ1v) is 5.48. The molecular weight excluding hydrogens is 228 g/mol. The van der Waals surface area contributed by atoms with Gasteiger partial charge in [0.2, 0.25) is 5.91 Å². The molecule has 2 aromatic rings. The van der Waals surface area contributed by atoms with Gasteiger partial charge in [-0.15, -0.1) is 0 Å². The smallest absolute Gasteiger partial charge is 0.223 e. The quantitative estimate of drug-likeness (QED) is 0.825. The summed E-state index contributed by atoms with van der Waals surface area (Å²) in [6, 6.07) is 10.9. The van der Waals surface area contributed by atoms with E-state index in [0.717, 1.165) is 17.4 Å². The number of primary amides is 1. The second-order valence-electron chi connectivity index (χ2n) is 3.92. The van der Waals surface area contributed by atoms with E-state index in [1.54, 1.807) is 18.3 Å². The van der Waals surface area contributed by atoms with E-state index >= 15 is 0 Å². The molecule has 0 fully saturated rings. The van der Waals surface area contributed by atoms with Gasteiger partial charge in [0.1, 0.15) is 6.29 Å². The zero-order chi connectivity index (χ0) is 13.0. The van der Waals surface area contributed by atoms with Crippen LogP contribution in [0.4, 0.5) is 0 Å². The average Bonchev–Trinajstić information content (AvgIpc) is 2.38. The number of pyridine rings is 1. The minimum Gasteiger partial charge on any atom is -0.369 e. The van der Waals surface area contributed by atoms with Crippen molar-refractivity contribution >= 4 is 12.2 Å². The highest BCUT2D eigenvalue weighted by molar-refractivity contribution is 5.78. The molecule has 2 rings (SSSR count). The van der Waals surface area contributed by atoms with Gasteiger partial charge in [-0.05, 0) is 23.3 Å².